The molecule has 21 heavy (non-hydrogen) atoms. The molecule has 0 bridgehead atoms. The molecule has 1 aliphatic rings. The van der Waals surface area contributed by atoms with Gasteiger partial charge in [-0.2, -0.15) is 0 Å². The summed E-state index contributed by atoms with van der Waals surface area (Å²) in [6.45, 7) is 6.68. The summed E-state index contributed by atoms with van der Waals surface area (Å²) in [6, 6.07) is 3.65. The Bertz CT molecular complexity index is 439. The van der Waals surface area contributed by atoms with Gasteiger partial charge in [-0.05, 0) is 37.3 Å². The third-order valence-electron chi connectivity index (χ3n) is 3.56. The van der Waals surface area contributed by atoms with Crippen LogP contribution in [0.15, 0.2) is 18.3 Å². The zero-order chi connectivity index (χ0) is 15.1. The van der Waals surface area contributed by atoms with Crippen LogP contribution in [-0.4, -0.2) is 36.7 Å². The van der Waals surface area contributed by atoms with E-state index in [0.29, 0.717) is 18.2 Å². The lowest BCUT2D eigenvalue weighted by atomic mass is 10.1. The number of nitrogens with one attached hydrogen (secondary N) is 2. The molecule has 1 aromatic heterocycles. The van der Waals surface area contributed by atoms with E-state index in [9.17, 15) is 4.79 Å². The first-order valence-electron chi connectivity index (χ1n) is 7.75. The van der Waals surface area contributed by atoms with Crippen LogP contribution in [-0.2, 0) is 4.74 Å². The summed E-state index contributed by atoms with van der Waals surface area (Å²) >= 11 is 0. The number of aromatic nitrogens is 1. The second-order valence-corrected chi connectivity index (χ2v) is 5.89. The van der Waals surface area contributed by atoms with E-state index >= 15 is 0 Å². The Kier molecular flexibility index (Phi) is 5.99. The monoisotopic (exact) mass is 291 g/mol. The second kappa shape index (κ2) is 7.98. The summed E-state index contributed by atoms with van der Waals surface area (Å²) in [5, 5.41) is 6.18. The predicted octanol–water partition coefficient (Wildman–Crippen LogP) is 2.45. The molecule has 0 saturated carbocycles. The summed E-state index contributed by atoms with van der Waals surface area (Å²) in [7, 11) is 0. The van der Waals surface area contributed by atoms with Crippen LogP contribution in [0.2, 0.25) is 0 Å². The van der Waals surface area contributed by atoms with E-state index < -0.39 is 0 Å². The molecule has 1 amide bonds. The fourth-order valence-corrected chi connectivity index (χ4v) is 2.24. The summed E-state index contributed by atoms with van der Waals surface area (Å²) in [6.07, 6.45) is 5.08. The summed E-state index contributed by atoms with van der Waals surface area (Å²) in [4.78, 5) is 16.2. The lowest BCUT2D eigenvalue weighted by Gasteiger charge is -2.11. The van der Waals surface area contributed by atoms with Crippen molar-refractivity contribution in [2.45, 2.75) is 39.2 Å². The molecule has 1 aromatic rings. The first kappa shape index (κ1) is 15.8. The molecule has 5 heteroatoms. The first-order valence-corrected chi connectivity index (χ1v) is 7.75. The van der Waals surface area contributed by atoms with Gasteiger partial charge >= 0.3 is 0 Å². The fourth-order valence-electron chi connectivity index (χ4n) is 2.24. The van der Waals surface area contributed by atoms with Crippen molar-refractivity contribution < 1.29 is 9.53 Å². The Morgan fingerprint density at radius 3 is 2.95 bits per heavy atom. The van der Waals surface area contributed by atoms with Crippen molar-refractivity contribution in [3.05, 3.63) is 24.0 Å². The van der Waals surface area contributed by atoms with Crippen LogP contribution in [0, 0.1) is 5.92 Å². The van der Waals surface area contributed by atoms with Gasteiger partial charge in [-0.1, -0.05) is 13.8 Å². The predicted molar refractivity (Wildman–Crippen MR) is 83.5 cm³/mol. The number of ether oxygens (including phenoxy) is 1. The lowest BCUT2D eigenvalue weighted by Crippen LogP contribution is -2.32. The molecule has 1 unspecified atom stereocenters. The number of nitrogens with zero attached hydrogens (tertiary/aromatic N) is 1. The highest BCUT2D eigenvalue weighted by atomic mass is 16.5. The molecule has 1 atom stereocenters. The van der Waals surface area contributed by atoms with Crippen LogP contribution in [0.3, 0.4) is 0 Å². The molecule has 0 radical (unpaired) electrons. The normalized spacial score (nSPS) is 18.0. The van der Waals surface area contributed by atoms with Gasteiger partial charge in [0.15, 0.2) is 0 Å². The average Bonchev–Trinajstić information content (AvgIpc) is 2.98. The Morgan fingerprint density at radius 1 is 1.48 bits per heavy atom. The van der Waals surface area contributed by atoms with Crippen molar-refractivity contribution in [3.8, 4) is 0 Å². The number of rotatable bonds is 7. The van der Waals surface area contributed by atoms with Crippen molar-refractivity contribution in [2.24, 2.45) is 5.92 Å². The van der Waals surface area contributed by atoms with E-state index in [1.54, 1.807) is 12.3 Å². The van der Waals surface area contributed by atoms with Crippen molar-refractivity contribution in [2.75, 3.05) is 25.0 Å². The molecule has 2 heterocycles. The van der Waals surface area contributed by atoms with Gasteiger partial charge in [-0.3, -0.25) is 4.79 Å². The van der Waals surface area contributed by atoms with E-state index in [1.165, 1.54) is 0 Å². The maximum atomic E-state index is 12.0. The molecule has 116 valence electrons. The summed E-state index contributed by atoms with van der Waals surface area (Å²) in [5.41, 5.74) is 1.40. The van der Waals surface area contributed by atoms with Gasteiger partial charge in [-0.25, -0.2) is 4.98 Å². The van der Waals surface area contributed by atoms with Gasteiger partial charge in [0.25, 0.3) is 5.91 Å². The molecule has 1 fully saturated rings. The molecule has 2 rings (SSSR count). The van der Waals surface area contributed by atoms with Crippen LogP contribution < -0.4 is 10.6 Å². The van der Waals surface area contributed by atoms with Crippen LogP contribution in [0.25, 0.3) is 0 Å². The van der Waals surface area contributed by atoms with Crippen LogP contribution >= 0.6 is 0 Å². The van der Waals surface area contributed by atoms with Crippen LogP contribution in [0.5, 0.6) is 0 Å². The first-order chi connectivity index (χ1) is 10.1. The highest BCUT2D eigenvalue weighted by Crippen LogP contribution is 2.11. The number of hydrogen-bond donors (Lipinski definition) is 2. The molecule has 2 N–H and O–H groups in total. The van der Waals surface area contributed by atoms with Crippen molar-refractivity contribution in [3.63, 3.8) is 0 Å². The molecule has 5 nitrogen and oxygen atoms in total. The number of carbonyl (C=O) groups is 1. The van der Waals surface area contributed by atoms with E-state index in [2.05, 4.69) is 29.5 Å². The zero-order valence-corrected chi connectivity index (χ0v) is 12.9. The van der Waals surface area contributed by atoms with Crippen molar-refractivity contribution >= 4 is 11.6 Å². The quantitative estimate of drug-likeness (QED) is 0.810. The second-order valence-electron chi connectivity index (χ2n) is 5.89. The molecule has 1 saturated heterocycles. The number of anilines is 1. The molecule has 0 aromatic carbocycles. The Labute approximate surface area is 126 Å². The van der Waals surface area contributed by atoms with Crippen molar-refractivity contribution in [1.82, 2.24) is 10.3 Å². The summed E-state index contributed by atoms with van der Waals surface area (Å²) in [5.74, 6) is 0.535. The lowest BCUT2D eigenvalue weighted by molar-refractivity contribution is 0.0854. The van der Waals surface area contributed by atoms with Crippen LogP contribution in [0.1, 0.15) is 43.6 Å². The SMILES string of the molecule is CC(C)CCNc1ccc(C(=O)NCC2CCCO2)nc1. The van der Waals surface area contributed by atoms with Gasteiger partial charge in [0.1, 0.15) is 5.69 Å². The van der Waals surface area contributed by atoms with Gasteiger partial charge in [0, 0.05) is 19.7 Å². The van der Waals surface area contributed by atoms with E-state index in [1.807, 2.05) is 6.07 Å². The van der Waals surface area contributed by atoms with E-state index in [4.69, 9.17) is 4.74 Å². The minimum atomic E-state index is -0.140. The van der Waals surface area contributed by atoms with Crippen LogP contribution in [0.4, 0.5) is 5.69 Å². The van der Waals surface area contributed by atoms with Crippen molar-refractivity contribution in [1.29, 1.82) is 0 Å². The van der Waals surface area contributed by atoms with Gasteiger partial charge in [-0.15, -0.1) is 0 Å². The van der Waals surface area contributed by atoms with E-state index in [0.717, 1.165) is 38.1 Å². The topological polar surface area (TPSA) is 63.2 Å². The average molecular weight is 291 g/mol. The third-order valence-corrected chi connectivity index (χ3v) is 3.56. The minimum Gasteiger partial charge on any atom is -0.384 e. The Hall–Kier alpha value is -1.62. The molecule has 0 aliphatic carbocycles. The van der Waals surface area contributed by atoms with Gasteiger partial charge in [0.2, 0.25) is 0 Å². The van der Waals surface area contributed by atoms with Gasteiger partial charge in [0.05, 0.1) is 18.0 Å². The standard InChI is InChI=1S/C16H25N3O2/c1-12(2)7-8-17-13-5-6-15(18-10-13)16(20)19-11-14-4-3-9-21-14/h5-6,10,12,14,17H,3-4,7-9,11H2,1-2H3,(H,19,20). The smallest absolute Gasteiger partial charge is 0.269 e. The molecule has 1 aliphatic heterocycles. The number of hydrogen-bond acceptors (Lipinski definition) is 4. The fraction of sp³-hybridized carbons (Fsp3) is 0.625. The molecular formula is C16H25N3O2. The Morgan fingerprint density at radius 2 is 2.33 bits per heavy atom. The van der Waals surface area contributed by atoms with E-state index in [-0.39, 0.29) is 12.0 Å². The molecule has 0 spiro atoms. The largest absolute Gasteiger partial charge is 0.384 e. The highest BCUT2D eigenvalue weighted by molar-refractivity contribution is 5.92. The number of carbonyl (C=O) groups excluding carboxylic acids is 1. The maximum Gasteiger partial charge on any atom is 0.269 e. The maximum absolute atomic E-state index is 12.0. The number of amides is 1. The minimum absolute atomic E-state index is 0.140. The van der Waals surface area contributed by atoms with Gasteiger partial charge < -0.3 is 15.4 Å². The Balaban J connectivity index is 1.76. The highest BCUT2D eigenvalue weighted by Gasteiger charge is 2.16. The zero-order valence-electron chi connectivity index (χ0n) is 12.9. The molecular weight excluding hydrogens is 266 g/mol. The summed E-state index contributed by atoms with van der Waals surface area (Å²) < 4.78 is 5.48. The third kappa shape index (κ3) is 5.34. The number of pyridine rings is 1.